The fourth-order valence-electron chi connectivity index (χ4n) is 1.82. The molecule has 0 saturated carbocycles. The highest BCUT2D eigenvalue weighted by Crippen LogP contribution is 2.18. The Hall–Kier alpha value is -2.30. The Labute approximate surface area is 104 Å². The Kier molecular flexibility index (Phi) is 3.62. The maximum absolute atomic E-state index is 11.5. The third-order valence-corrected chi connectivity index (χ3v) is 2.66. The Morgan fingerprint density at radius 3 is 2.94 bits per heavy atom. The van der Waals surface area contributed by atoms with E-state index in [1.165, 1.54) is 0 Å². The number of aromatic nitrogens is 1. The lowest BCUT2D eigenvalue weighted by molar-refractivity contribution is -0.135. The van der Waals surface area contributed by atoms with Gasteiger partial charge in [-0.1, -0.05) is 23.4 Å². The molecule has 0 radical (unpaired) electrons. The van der Waals surface area contributed by atoms with Gasteiger partial charge in [0.15, 0.2) is 5.71 Å². The van der Waals surface area contributed by atoms with E-state index in [9.17, 15) is 4.79 Å². The van der Waals surface area contributed by atoms with Crippen LogP contribution < -0.4 is 0 Å². The van der Waals surface area contributed by atoms with Gasteiger partial charge in [-0.3, -0.25) is 0 Å². The SMILES string of the molecule is CCOC(=O)C(Cc1c[nH]c2ccccc12)=NO. The van der Waals surface area contributed by atoms with Crippen LogP contribution in [0.3, 0.4) is 0 Å². The van der Waals surface area contributed by atoms with Gasteiger partial charge in [0.2, 0.25) is 0 Å². The van der Waals surface area contributed by atoms with Crippen molar-refractivity contribution in [2.75, 3.05) is 6.61 Å². The summed E-state index contributed by atoms with van der Waals surface area (Å²) < 4.78 is 4.82. The van der Waals surface area contributed by atoms with Crippen LogP contribution in [0.5, 0.6) is 0 Å². The molecule has 2 N–H and O–H groups in total. The Morgan fingerprint density at radius 1 is 1.44 bits per heavy atom. The van der Waals surface area contributed by atoms with Gasteiger partial charge in [0.25, 0.3) is 0 Å². The lowest BCUT2D eigenvalue weighted by Crippen LogP contribution is -2.19. The minimum absolute atomic E-state index is 0.00148. The first-order valence-corrected chi connectivity index (χ1v) is 5.69. The van der Waals surface area contributed by atoms with Crippen molar-refractivity contribution in [3.63, 3.8) is 0 Å². The molecule has 0 aliphatic rings. The lowest BCUT2D eigenvalue weighted by Gasteiger charge is -2.03. The van der Waals surface area contributed by atoms with Crippen LogP contribution in [0.4, 0.5) is 0 Å². The number of nitrogens with zero attached hydrogens (tertiary/aromatic N) is 1. The molecule has 1 heterocycles. The molecule has 2 aromatic rings. The van der Waals surface area contributed by atoms with Crippen LogP contribution >= 0.6 is 0 Å². The predicted molar refractivity (Wildman–Crippen MR) is 67.9 cm³/mol. The summed E-state index contributed by atoms with van der Waals surface area (Å²) in [6.45, 7) is 1.96. The fourth-order valence-corrected chi connectivity index (χ4v) is 1.82. The van der Waals surface area contributed by atoms with Gasteiger partial charge in [-0.25, -0.2) is 4.79 Å². The van der Waals surface area contributed by atoms with Gasteiger partial charge in [0.05, 0.1) is 6.61 Å². The number of para-hydroxylation sites is 1. The van der Waals surface area contributed by atoms with Crippen molar-refractivity contribution < 1.29 is 14.7 Å². The minimum Gasteiger partial charge on any atom is -0.461 e. The molecule has 94 valence electrons. The third kappa shape index (κ3) is 2.34. The molecular weight excluding hydrogens is 232 g/mol. The number of hydrogen-bond donors (Lipinski definition) is 2. The molecule has 0 amide bonds. The van der Waals surface area contributed by atoms with Crippen LogP contribution in [0.25, 0.3) is 10.9 Å². The van der Waals surface area contributed by atoms with E-state index in [-0.39, 0.29) is 18.7 Å². The quantitative estimate of drug-likeness (QED) is 0.375. The fraction of sp³-hybridized carbons (Fsp3) is 0.231. The van der Waals surface area contributed by atoms with E-state index in [4.69, 9.17) is 9.94 Å². The molecule has 0 unspecified atom stereocenters. The van der Waals surface area contributed by atoms with E-state index < -0.39 is 5.97 Å². The molecule has 2 rings (SSSR count). The van der Waals surface area contributed by atoms with Gasteiger partial charge < -0.3 is 14.9 Å². The molecule has 5 nitrogen and oxygen atoms in total. The van der Waals surface area contributed by atoms with Crippen molar-refractivity contribution in [2.45, 2.75) is 13.3 Å². The van der Waals surface area contributed by atoms with E-state index >= 15 is 0 Å². The number of H-pyrrole nitrogens is 1. The average molecular weight is 246 g/mol. The largest absolute Gasteiger partial charge is 0.461 e. The number of carbonyl (C=O) groups excluding carboxylic acids is 1. The van der Waals surface area contributed by atoms with Crippen molar-refractivity contribution in [3.8, 4) is 0 Å². The molecule has 0 atom stereocenters. The Balaban J connectivity index is 2.25. The highest BCUT2D eigenvalue weighted by molar-refractivity contribution is 6.37. The standard InChI is InChI=1S/C13H14N2O3/c1-2-18-13(16)12(15-17)7-9-8-14-11-6-4-3-5-10(9)11/h3-6,8,14,17H,2,7H2,1H3. The first kappa shape index (κ1) is 12.2. The zero-order chi connectivity index (χ0) is 13.0. The molecular formula is C13H14N2O3. The summed E-state index contributed by atoms with van der Waals surface area (Å²) in [5.74, 6) is -0.592. The van der Waals surface area contributed by atoms with Crippen LogP contribution in [0.2, 0.25) is 0 Å². The van der Waals surface area contributed by atoms with Gasteiger partial charge in [-0.05, 0) is 18.6 Å². The van der Waals surface area contributed by atoms with Crippen molar-refractivity contribution in [1.82, 2.24) is 4.98 Å². The minimum atomic E-state index is -0.592. The monoisotopic (exact) mass is 246 g/mol. The van der Waals surface area contributed by atoms with E-state index in [0.29, 0.717) is 0 Å². The molecule has 1 aromatic carbocycles. The molecule has 0 fully saturated rings. The average Bonchev–Trinajstić information content (AvgIpc) is 2.79. The van der Waals surface area contributed by atoms with Gasteiger partial charge in [0.1, 0.15) is 0 Å². The topological polar surface area (TPSA) is 74.7 Å². The van der Waals surface area contributed by atoms with Crippen LogP contribution in [0.1, 0.15) is 12.5 Å². The smallest absolute Gasteiger partial charge is 0.356 e. The van der Waals surface area contributed by atoms with Crippen molar-refractivity contribution in [2.24, 2.45) is 5.16 Å². The lowest BCUT2D eigenvalue weighted by atomic mass is 10.1. The number of esters is 1. The first-order valence-electron chi connectivity index (χ1n) is 5.69. The summed E-state index contributed by atoms with van der Waals surface area (Å²) in [4.78, 5) is 14.6. The van der Waals surface area contributed by atoms with E-state index in [2.05, 4.69) is 10.1 Å². The van der Waals surface area contributed by atoms with Gasteiger partial charge in [0, 0.05) is 23.5 Å². The highest BCUT2D eigenvalue weighted by atomic mass is 16.5. The second-order valence-corrected chi connectivity index (χ2v) is 3.80. The third-order valence-electron chi connectivity index (χ3n) is 2.66. The Morgan fingerprint density at radius 2 is 2.22 bits per heavy atom. The molecule has 5 heteroatoms. The molecule has 0 aliphatic heterocycles. The summed E-state index contributed by atoms with van der Waals surface area (Å²) in [5.41, 5.74) is 1.88. The molecule has 0 saturated heterocycles. The second kappa shape index (κ2) is 5.35. The zero-order valence-electron chi connectivity index (χ0n) is 10.0. The van der Waals surface area contributed by atoms with Crippen molar-refractivity contribution in [3.05, 3.63) is 36.0 Å². The number of carbonyl (C=O) groups is 1. The maximum atomic E-state index is 11.5. The van der Waals surface area contributed by atoms with Crippen LogP contribution in [-0.2, 0) is 16.0 Å². The summed E-state index contributed by atoms with van der Waals surface area (Å²) >= 11 is 0. The highest BCUT2D eigenvalue weighted by Gasteiger charge is 2.16. The van der Waals surface area contributed by atoms with E-state index in [1.54, 1.807) is 13.1 Å². The van der Waals surface area contributed by atoms with Crippen LogP contribution in [-0.4, -0.2) is 28.5 Å². The zero-order valence-corrected chi connectivity index (χ0v) is 10.0. The van der Waals surface area contributed by atoms with Crippen LogP contribution in [0, 0.1) is 0 Å². The number of nitrogens with one attached hydrogen (secondary N) is 1. The van der Waals surface area contributed by atoms with Gasteiger partial charge in [-0.15, -0.1) is 0 Å². The second-order valence-electron chi connectivity index (χ2n) is 3.80. The number of rotatable bonds is 4. The summed E-state index contributed by atoms with van der Waals surface area (Å²) in [7, 11) is 0. The van der Waals surface area contributed by atoms with Crippen molar-refractivity contribution in [1.29, 1.82) is 0 Å². The molecule has 0 bridgehead atoms. The number of ether oxygens (including phenoxy) is 1. The predicted octanol–water partition coefficient (Wildman–Crippen LogP) is 2.10. The van der Waals surface area contributed by atoms with Gasteiger partial charge in [-0.2, -0.15) is 0 Å². The molecule has 0 aliphatic carbocycles. The summed E-state index contributed by atoms with van der Waals surface area (Å²) in [5, 5.41) is 12.9. The molecule has 0 spiro atoms. The van der Waals surface area contributed by atoms with E-state index in [0.717, 1.165) is 16.5 Å². The van der Waals surface area contributed by atoms with Crippen molar-refractivity contribution >= 4 is 22.6 Å². The first-order chi connectivity index (χ1) is 8.76. The molecule has 1 aromatic heterocycles. The number of hydrogen-bond acceptors (Lipinski definition) is 4. The number of benzene rings is 1. The van der Waals surface area contributed by atoms with E-state index in [1.807, 2.05) is 24.3 Å². The maximum Gasteiger partial charge on any atom is 0.356 e. The number of fused-ring (bicyclic) bond motifs is 1. The van der Waals surface area contributed by atoms with Crippen LogP contribution in [0.15, 0.2) is 35.6 Å². The summed E-state index contributed by atoms with van der Waals surface area (Å²) in [6.07, 6.45) is 2.04. The summed E-state index contributed by atoms with van der Waals surface area (Å²) in [6, 6.07) is 7.73. The molecule has 18 heavy (non-hydrogen) atoms. The Bertz CT molecular complexity index is 587. The van der Waals surface area contributed by atoms with Gasteiger partial charge >= 0.3 is 5.97 Å². The number of oxime groups is 1. The normalized spacial score (nSPS) is 11.7. The number of aromatic amines is 1.